The lowest BCUT2D eigenvalue weighted by Gasteiger charge is -2.38. The van der Waals surface area contributed by atoms with Gasteiger partial charge in [-0.3, -0.25) is 24.0 Å². The van der Waals surface area contributed by atoms with Crippen molar-refractivity contribution in [3.05, 3.63) is 58.5 Å². The van der Waals surface area contributed by atoms with Gasteiger partial charge < -0.3 is 10.6 Å². The molecule has 2 aromatic rings. The van der Waals surface area contributed by atoms with Gasteiger partial charge in [0.05, 0.1) is 23.2 Å². The summed E-state index contributed by atoms with van der Waals surface area (Å²) in [5.74, 6) is -0.929. The molecule has 172 valence electrons. The number of carbonyl (C=O) groups excluding carboxylic acids is 3. The lowest BCUT2D eigenvalue weighted by Crippen LogP contribution is -2.51. The summed E-state index contributed by atoms with van der Waals surface area (Å²) in [4.78, 5) is 53.1. The van der Waals surface area contributed by atoms with E-state index in [1.807, 2.05) is 18.2 Å². The fraction of sp³-hybridized carbons (Fsp3) is 0.417. The number of anilines is 1. The first-order valence-corrected chi connectivity index (χ1v) is 11.3. The molecule has 5 unspecified atom stereocenters. The summed E-state index contributed by atoms with van der Waals surface area (Å²) < 4.78 is 3.13. The number of carbonyl (C=O) groups is 3. The molecule has 1 aromatic carbocycles. The maximum atomic E-state index is 13.1. The molecule has 9 nitrogen and oxygen atoms in total. The molecule has 33 heavy (non-hydrogen) atoms. The molecular weight excluding hydrogens is 422 g/mol. The molecule has 6 rings (SSSR count). The minimum absolute atomic E-state index is 0.0888. The van der Waals surface area contributed by atoms with Gasteiger partial charge in [-0.05, 0) is 50.7 Å². The minimum Gasteiger partial charge on any atom is -0.317 e. The van der Waals surface area contributed by atoms with Crippen LogP contribution in [0, 0.1) is 30.6 Å². The number of allylic oxidation sites excluding steroid dienone is 2. The van der Waals surface area contributed by atoms with Crippen LogP contribution in [-0.4, -0.2) is 38.3 Å². The molecular formula is C24H27N5O4. The Balaban J connectivity index is 1.33. The third-order valence-corrected chi connectivity index (χ3v) is 7.31. The Hall–Kier alpha value is -3.62. The van der Waals surface area contributed by atoms with Crippen molar-refractivity contribution in [2.24, 2.45) is 30.7 Å². The van der Waals surface area contributed by atoms with Crippen LogP contribution >= 0.6 is 0 Å². The van der Waals surface area contributed by atoms with Crippen molar-refractivity contribution in [2.75, 3.05) is 5.32 Å². The number of likely N-dealkylation sites (tertiary alicyclic amines) is 1. The van der Waals surface area contributed by atoms with E-state index in [1.54, 1.807) is 37.7 Å². The Bertz CT molecular complexity index is 1200. The van der Waals surface area contributed by atoms with E-state index in [9.17, 15) is 19.2 Å². The van der Waals surface area contributed by atoms with Crippen LogP contribution in [0.2, 0.25) is 0 Å². The topological polar surface area (TPSA) is 105 Å². The summed E-state index contributed by atoms with van der Waals surface area (Å²) in [6.07, 6.45) is 5.13. The van der Waals surface area contributed by atoms with Crippen LogP contribution in [0.3, 0.4) is 0 Å². The van der Waals surface area contributed by atoms with Gasteiger partial charge in [0.15, 0.2) is 0 Å². The molecule has 9 heteroatoms. The summed E-state index contributed by atoms with van der Waals surface area (Å²) >= 11 is 0. The van der Waals surface area contributed by atoms with Crippen LogP contribution in [0.5, 0.6) is 0 Å². The van der Waals surface area contributed by atoms with Crippen LogP contribution < -0.4 is 16.2 Å². The van der Waals surface area contributed by atoms with Gasteiger partial charge in [0.2, 0.25) is 11.8 Å². The molecule has 1 aromatic heterocycles. The number of benzene rings is 1. The zero-order valence-electron chi connectivity index (χ0n) is 18.8. The first-order chi connectivity index (χ1) is 15.8. The third kappa shape index (κ3) is 3.21. The van der Waals surface area contributed by atoms with Gasteiger partial charge in [-0.1, -0.05) is 30.4 Å². The summed E-state index contributed by atoms with van der Waals surface area (Å²) in [5, 5.41) is 5.29. The zero-order valence-corrected chi connectivity index (χ0v) is 18.8. The smallest absolute Gasteiger partial charge is 0.317 e. The molecule has 2 heterocycles. The summed E-state index contributed by atoms with van der Waals surface area (Å²) in [6.45, 7) is 3.35. The Morgan fingerprint density at radius 3 is 2.12 bits per heavy atom. The number of rotatable bonds is 4. The molecule has 4 amide bonds. The number of urea groups is 1. The standard InChI is InChI=1S/C24H27N5O4/c1-13-20(23(32)29(27(13)3)17-7-5-4-6-8-17)26-24(33)25-14(2)28-21(30)18-15-9-10-16(12-11-15)19(18)22(28)31/h4-10,14-16,18-19H,11-12H2,1-3H3,(H2,25,26,33). The Morgan fingerprint density at radius 2 is 1.58 bits per heavy atom. The largest absolute Gasteiger partial charge is 0.321 e. The molecule has 0 radical (unpaired) electrons. The van der Waals surface area contributed by atoms with E-state index in [0.717, 1.165) is 12.8 Å². The number of nitrogens with one attached hydrogen (secondary N) is 2. The van der Waals surface area contributed by atoms with Crippen molar-refractivity contribution >= 4 is 23.5 Å². The first-order valence-electron chi connectivity index (χ1n) is 11.3. The Kier molecular flexibility index (Phi) is 4.99. The number of aromatic nitrogens is 2. The number of nitrogens with zero attached hydrogens (tertiary/aromatic N) is 3. The van der Waals surface area contributed by atoms with Gasteiger partial charge in [-0.15, -0.1) is 0 Å². The van der Waals surface area contributed by atoms with Crippen LogP contribution in [-0.2, 0) is 16.6 Å². The number of imide groups is 1. The van der Waals surface area contributed by atoms with Crippen molar-refractivity contribution in [1.29, 1.82) is 0 Å². The molecule has 1 saturated carbocycles. The van der Waals surface area contributed by atoms with Gasteiger partial charge >= 0.3 is 6.03 Å². The highest BCUT2D eigenvalue weighted by Gasteiger charge is 2.57. The Labute approximate surface area is 191 Å². The van der Waals surface area contributed by atoms with Crippen molar-refractivity contribution in [1.82, 2.24) is 19.6 Å². The van der Waals surface area contributed by atoms with Gasteiger partial charge in [0, 0.05) is 7.05 Å². The lowest BCUT2D eigenvalue weighted by molar-refractivity contribution is -0.142. The second-order valence-corrected chi connectivity index (χ2v) is 9.10. The monoisotopic (exact) mass is 449 g/mol. The van der Waals surface area contributed by atoms with Gasteiger partial charge in [0.1, 0.15) is 11.9 Å². The normalized spacial score (nSPS) is 26.5. The van der Waals surface area contributed by atoms with E-state index >= 15 is 0 Å². The van der Waals surface area contributed by atoms with Gasteiger partial charge in [0.25, 0.3) is 5.56 Å². The van der Waals surface area contributed by atoms with E-state index < -0.39 is 12.2 Å². The fourth-order valence-electron chi connectivity index (χ4n) is 5.60. The van der Waals surface area contributed by atoms with Crippen LogP contribution in [0.1, 0.15) is 25.5 Å². The number of para-hydroxylation sites is 1. The predicted octanol–water partition coefficient (Wildman–Crippen LogP) is 2.15. The number of fused-ring (bicyclic) bond motifs is 1. The average Bonchev–Trinajstić information content (AvgIpc) is 3.21. The van der Waals surface area contributed by atoms with E-state index in [2.05, 4.69) is 22.8 Å². The van der Waals surface area contributed by atoms with Crippen LogP contribution in [0.15, 0.2) is 47.3 Å². The number of amides is 4. The molecule has 2 N–H and O–H groups in total. The molecule has 4 aliphatic rings. The molecule has 0 spiro atoms. The molecule has 3 aliphatic carbocycles. The minimum atomic E-state index is -0.824. The van der Waals surface area contributed by atoms with E-state index in [-0.39, 0.29) is 46.7 Å². The lowest BCUT2D eigenvalue weighted by atomic mass is 9.63. The SMILES string of the molecule is Cc1c(NC(=O)NC(C)N2C(=O)C3C4C=CC(CC4)C3C2=O)c(=O)n(-c2ccccc2)n1C. The Morgan fingerprint density at radius 1 is 1.00 bits per heavy atom. The molecule has 2 bridgehead atoms. The van der Waals surface area contributed by atoms with Gasteiger partial charge in [-0.2, -0.15) is 0 Å². The summed E-state index contributed by atoms with van der Waals surface area (Å²) in [7, 11) is 1.74. The summed E-state index contributed by atoms with van der Waals surface area (Å²) in [5.41, 5.74) is 1.02. The molecule has 5 atom stereocenters. The first kappa shape index (κ1) is 21.2. The van der Waals surface area contributed by atoms with E-state index in [0.29, 0.717) is 11.4 Å². The van der Waals surface area contributed by atoms with Crippen molar-refractivity contribution in [2.45, 2.75) is 32.9 Å². The maximum absolute atomic E-state index is 13.1. The van der Waals surface area contributed by atoms with Gasteiger partial charge in [-0.25, -0.2) is 9.48 Å². The quantitative estimate of drug-likeness (QED) is 0.551. The van der Waals surface area contributed by atoms with E-state index in [1.165, 1.54) is 9.58 Å². The summed E-state index contributed by atoms with van der Waals surface area (Å²) in [6, 6.07) is 8.48. The predicted molar refractivity (Wildman–Crippen MR) is 122 cm³/mol. The highest BCUT2D eigenvalue weighted by Crippen LogP contribution is 2.49. The highest BCUT2D eigenvalue weighted by molar-refractivity contribution is 6.06. The molecule has 1 aliphatic heterocycles. The third-order valence-electron chi connectivity index (χ3n) is 7.31. The molecule has 1 saturated heterocycles. The number of hydrogen-bond donors (Lipinski definition) is 2. The van der Waals surface area contributed by atoms with E-state index in [4.69, 9.17) is 0 Å². The fourth-order valence-corrected chi connectivity index (χ4v) is 5.60. The van der Waals surface area contributed by atoms with Crippen LogP contribution in [0.4, 0.5) is 10.5 Å². The zero-order chi connectivity index (χ0) is 23.4. The second-order valence-electron chi connectivity index (χ2n) is 9.10. The van der Waals surface area contributed by atoms with Crippen molar-refractivity contribution in [3.8, 4) is 5.69 Å². The number of hydrogen-bond acceptors (Lipinski definition) is 4. The van der Waals surface area contributed by atoms with Crippen molar-refractivity contribution < 1.29 is 14.4 Å². The van der Waals surface area contributed by atoms with Crippen molar-refractivity contribution in [3.63, 3.8) is 0 Å². The maximum Gasteiger partial charge on any atom is 0.321 e. The highest BCUT2D eigenvalue weighted by atomic mass is 16.2. The molecule has 2 fully saturated rings. The van der Waals surface area contributed by atoms with Crippen LogP contribution in [0.25, 0.3) is 5.69 Å². The second kappa shape index (κ2) is 7.75. The average molecular weight is 450 g/mol.